The monoisotopic (exact) mass is 302 g/mol. The first kappa shape index (κ1) is 13.1. The molecule has 1 aromatic carbocycles. The number of amides is 1. The molecule has 0 aliphatic carbocycles. The quantitative estimate of drug-likeness (QED) is 0.395. The van der Waals surface area contributed by atoms with Crippen molar-refractivity contribution in [1.82, 2.24) is 0 Å². The number of methoxy groups -OCH3 is 1. The summed E-state index contributed by atoms with van der Waals surface area (Å²) in [7, 11) is 1.11. The number of carbonyl (C=O) groups excluding carboxylic acids is 2. The number of nitro groups is 1. The fourth-order valence-electron chi connectivity index (χ4n) is 1.23. The van der Waals surface area contributed by atoms with E-state index in [9.17, 15) is 19.7 Å². The molecule has 0 saturated carbocycles. The molecule has 0 unspecified atom stereocenters. The third-order valence-corrected chi connectivity index (χ3v) is 2.58. The summed E-state index contributed by atoms with van der Waals surface area (Å²) in [6.45, 7) is 0. The number of nitrogens with one attached hydrogen (secondary N) is 1. The topological polar surface area (TPSA) is 98.5 Å². The molecule has 0 spiro atoms. The summed E-state index contributed by atoms with van der Waals surface area (Å²) in [5.41, 5.74) is -0.837. The van der Waals surface area contributed by atoms with Gasteiger partial charge in [0.05, 0.1) is 12.0 Å². The molecule has 1 rings (SSSR count). The Balaban J connectivity index is 3.52. The summed E-state index contributed by atoms with van der Waals surface area (Å²) >= 11 is 3.04. The first-order valence-corrected chi connectivity index (χ1v) is 5.07. The second-order valence-corrected chi connectivity index (χ2v) is 3.68. The summed E-state index contributed by atoms with van der Waals surface area (Å²) in [5, 5.41) is 13.1. The number of rotatable bonds is 4. The summed E-state index contributed by atoms with van der Waals surface area (Å²) in [6, 6.07) is 2.65. The van der Waals surface area contributed by atoms with E-state index in [1.54, 1.807) is 0 Å². The number of nitro benzene ring substituents is 1. The smallest absolute Gasteiger partial charge is 0.344 e. The minimum atomic E-state index is -0.849. The number of hydrogen-bond acceptors (Lipinski definition) is 5. The number of esters is 1. The van der Waals surface area contributed by atoms with E-state index in [0.717, 1.165) is 7.11 Å². The Morgan fingerprint density at radius 1 is 1.59 bits per heavy atom. The molecule has 0 fully saturated rings. The molecule has 1 aromatic rings. The van der Waals surface area contributed by atoms with Gasteiger partial charge in [-0.2, -0.15) is 0 Å². The van der Waals surface area contributed by atoms with Gasteiger partial charge in [0.2, 0.25) is 6.41 Å². The zero-order chi connectivity index (χ0) is 13.0. The minimum absolute atomic E-state index is 0.0899. The molecule has 90 valence electrons. The van der Waals surface area contributed by atoms with E-state index in [1.165, 1.54) is 12.1 Å². The van der Waals surface area contributed by atoms with Crippen LogP contribution in [0.5, 0.6) is 0 Å². The lowest BCUT2D eigenvalue weighted by Crippen LogP contribution is -2.09. The zero-order valence-corrected chi connectivity index (χ0v) is 10.2. The van der Waals surface area contributed by atoms with Gasteiger partial charge in [0.25, 0.3) is 0 Å². The minimum Gasteiger partial charge on any atom is -0.465 e. The largest absolute Gasteiger partial charge is 0.465 e. The average molecular weight is 303 g/mol. The fourth-order valence-corrected chi connectivity index (χ4v) is 1.66. The maximum absolute atomic E-state index is 11.3. The Morgan fingerprint density at radius 3 is 2.71 bits per heavy atom. The molecular formula is C9H7BrN2O5. The van der Waals surface area contributed by atoms with E-state index in [-0.39, 0.29) is 17.7 Å². The van der Waals surface area contributed by atoms with Gasteiger partial charge in [-0.1, -0.05) is 0 Å². The number of hydrogen-bond donors (Lipinski definition) is 1. The number of halogens is 1. The van der Waals surface area contributed by atoms with Crippen LogP contribution in [0.25, 0.3) is 0 Å². The van der Waals surface area contributed by atoms with Crippen molar-refractivity contribution in [2.45, 2.75) is 0 Å². The van der Waals surface area contributed by atoms with E-state index in [2.05, 4.69) is 26.0 Å². The van der Waals surface area contributed by atoms with Gasteiger partial charge in [0, 0.05) is 4.47 Å². The van der Waals surface area contributed by atoms with Crippen LogP contribution in [0.15, 0.2) is 16.6 Å². The second-order valence-electron chi connectivity index (χ2n) is 2.83. The molecule has 0 saturated heterocycles. The highest BCUT2D eigenvalue weighted by Gasteiger charge is 2.27. The molecule has 0 aliphatic rings. The maximum atomic E-state index is 11.3. The van der Waals surface area contributed by atoms with Crippen LogP contribution in [-0.2, 0) is 9.53 Å². The molecule has 0 atom stereocenters. The lowest BCUT2D eigenvalue weighted by molar-refractivity contribution is -0.384. The van der Waals surface area contributed by atoms with Crippen molar-refractivity contribution in [2.75, 3.05) is 12.4 Å². The number of nitrogens with zero attached hydrogens (tertiary/aromatic N) is 1. The predicted molar refractivity (Wildman–Crippen MR) is 61.8 cm³/mol. The third-order valence-electron chi connectivity index (χ3n) is 1.92. The van der Waals surface area contributed by atoms with Crippen molar-refractivity contribution in [3.05, 3.63) is 32.3 Å². The van der Waals surface area contributed by atoms with Gasteiger partial charge in [0.1, 0.15) is 11.3 Å². The Kier molecular flexibility index (Phi) is 4.16. The van der Waals surface area contributed by atoms with Crippen LogP contribution in [0.3, 0.4) is 0 Å². The molecule has 0 bridgehead atoms. The van der Waals surface area contributed by atoms with Crippen LogP contribution in [0.4, 0.5) is 11.4 Å². The molecule has 0 radical (unpaired) electrons. The van der Waals surface area contributed by atoms with Crippen molar-refractivity contribution in [3.8, 4) is 0 Å². The highest BCUT2D eigenvalue weighted by Crippen LogP contribution is 2.35. The Hall–Kier alpha value is -1.96. The lowest BCUT2D eigenvalue weighted by atomic mass is 10.1. The SMILES string of the molecule is COC(=O)c1ccc(Br)c(NC=O)c1[N+](=O)[O-]. The van der Waals surface area contributed by atoms with Gasteiger partial charge in [-0.3, -0.25) is 14.9 Å². The molecule has 0 aromatic heterocycles. The Morgan fingerprint density at radius 2 is 2.24 bits per heavy atom. The van der Waals surface area contributed by atoms with Gasteiger partial charge in [-0.15, -0.1) is 0 Å². The molecule has 8 heteroatoms. The molecule has 17 heavy (non-hydrogen) atoms. The normalized spacial score (nSPS) is 9.53. The van der Waals surface area contributed by atoms with Crippen LogP contribution >= 0.6 is 15.9 Å². The van der Waals surface area contributed by atoms with Crippen molar-refractivity contribution < 1.29 is 19.2 Å². The van der Waals surface area contributed by atoms with E-state index in [0.29, 0.717) is 4.47 Å². The van der Waals surface area contributed by atoms with E-state index in [4.69, 9.17) is 0 Å². The maximum Gasteiger partial charge on any atom is 0.344 e. The number of benzene rings is 1. The van der Waals surface area contributed by atoms with Gasteiger partial charge < -0.3 is 10.1 Å². The van der Waals surface area contributed by atoms with Crippen LogP contribution < -0.4 is 5.32 Å². The highest BCUT2D eigenvalue weighted by molar-refractivity contribution is 9.10. The Labute approximate surface area is 104 Å². The Bertz CT molecular complexity index is 489. The fraction of sp³-hybridized carbons (Fsp3) is 0.111. The lowest BCUT2D eigenvalue weighted by Gasteiger charge is -2.07. The highest BCUT2D eigenvalue weighted by atomic mass is 79.9. The van der Waals surface area contributed by atoms with E-state index >= 15 is 0 Å². The second kappa shape index (κ2) is 5.39. The summed E-state index contributed by atoms with van der Waals surface area (Å²) in [5.74, 6) is -0.849. The predicted octanol–water partition coefficient (Wildman–Crippen LogP) is 1.71. The van der Waals surface area contributed by atoms with E-state index < -0.39 is 16.6 Å². The molecule has 0 aliphatic heterocycles. The number of carbonyl (C=O) groups is 2. The standard InChI is InChI=1S/C9H7BrN2O5/c1-17-9(14)5-2-3-6(10)7(11-4-13)8(5)12(15)16/h2-4H,1H3,(H,11,13). The van der Waals surface area contributed by atoms with Crippen molar-refractivity contribution in [1.29, 1.82) is 0 Å². The molecule has 1 N–H and O–H groups in total. The zero-order valence-electron chi connectivity index (χ0n) is 8.60. The number of anilines is 1. The van der Waals surface area contributed by atoms with Gasteiger partial charge >= 0.3 is 11.7 Å². The summed E-state index contributed by atoms with van der Waals surface area (Å²) in [6.07, 6.45) is 0.286. The molecular weight excluding hydrogens is 296 g/mol. The van der Waals surface area contributed by atoms with Gasteiger partial charge in [-0.25, -0.2) is 4.79 Å². The molecule has 1 amide bonds. The van der Waals surface area contributed by atoms with Crippen molar-refractivity contribution in [3.63, 3.8) is 0 Å². The first-order chi connectivity index (χ1) is 8.02. The van der Waals surface area contributed by atoms with Crippen molar-refractivity contribution in [2.24, 2.45) is 0 Å². The van der Waals surface area contributed by atoms with Gasteiger partial charge in [-0.05, 0) is 28.1 Å². The van der Waals surface area contributed by atoms with E-state index in [1.807, 2.05) is 0 Å². The average Bonchev–Trinajstić information content (AvgIpc) is 2.30. The number of ether oxygens (including phenoxy) is 1. The molecule has 0 heterocycles. The third kappa shape index (κ3) is 2.59. The van der Waals surface area contributed by atoms with Crippen LogP contribution in [0.1, 0.15) is 10.4 Å². The summed E-state index contributed by atoms with van der Waals surface area (Å²) < 4.78 is 4.72. The van der Waals surface area contributed by atoms with Crippen LogP contribution in [0.2, 0.25) is 0 Å². The van der Waals surface area contributed by atoms with Gasteiger partial charge in [0.15, 0.2) is 0 Å². The van der Waals surface area contributed by atoms with Crippen molar-refractivity contribution >= 4 is 39.7 Å². The summed E-state index contributed by atoms with van der Waals surface area (Å²) in [4.78, 5) is 31.9. The van der Waals surface area contributed by atoms with Crippen LogP contribution in [0, 0.1) is 10.1 Å². The first-order valence-electron chi connectivity index (χ1n) is 4.28. The van der Waals surface area contributed by atoms with Crippen LogP contribution in [-0.4, -0.2) is 24.4 Å². The molecule has 7 nitrogen and oxygen atoms in total.